The van der Waals surface area contributed by atoms with Gasteiger partial charge in [0.25, 0.3) is 5.56 Å². The maximum Gasteiger partial charge on any atom is 0.268 e. The molecule has 2 rings (SSSR count). The van der Waals surface area contributed by atoms with E-state index in [4.69, 9.17) is 16.0 Å². The zero-order valence-corrected chi connectivity index (χ0v) is 10.4. The fraction of sp³-hybridized carbons (Fsp3) is 0.111. The molecule has 0 bridgehead atoms. The predicted octanol–water partition coefficient (Wildman–Crippen LogP) is 2.14. The van der Waals surface area contributed by atoms with Gasteiger partial charge in [-0.25, -0.2) is 4.98 Å². The van der Waals surface area contributed by atoms with Crippen molar-refractivity contribution in [3.63, 3.8) is 0 Å². The molecule has 2 heterocycles. The molecule has 0 fully saturated rings. The summed E-state index contributed by atoms with van der Waals surface area (Å²) in [5.74, 6) is 0.706. The van der Waals surface area contributed by atoms with Crippen molar-refractivity contribution in [3.8, 4) is 0 Å². The van der Waals surface area contributed by atoms with Crippen LogP contribution in [0.2, 0.25) is 5.15 Å². The second-order valence-electron chi connectivity index (χ2n) is 2.86. The molecule has 0 N–H and O–H groups in total. The minimum atomic E-state index is -0.160. The molecule has 15 heavy (non-hydrogen) atoms. The maximum absolute atomic E-state index is 11.7. The Balaban J connectivity index is 2.38. The quantitative estimate of drug-likeness (QED) is 0.624. The predicted molar refractivity (Wildman–Crippen MR) is 64.0 cm³/mol. The third-order valence-electron chi connectivity index (χ3n) is 1.85. The fourth-order valence-electron chi connectivity index (χ4n) is 1.13. The van der Waals surface area contributed by atoms with E-state index in [1.807, 2.05) is 22.6 Å². The SMILES string of the molecule is O=c1c(I)c(Cl)ncn1Cc1ccco1. The summed E-state index contributed by atoms with van der Waals surface area (Å²) in [5, 5.41) is 0.233. The minimum Gasteiger partial charge on any atom is -0.467 e. The molecule has 0 aliphatic rings. The Morgan fingerprint density at radius 3 is 3.07 bits per heavy atom. The lowest BCUT2D eigenvalue weighted by atomic mass is 10.4. The van der Waals surface area contributed by atoms with Gasteiger partial charge in [-0.3, -0.25) is 9.36 Å². The van der Waals surface area contributed by atoms with E-state index in [0.717, 1.165) is 0 Å². The van der Waals surface area contributed by atoms with Crippen LogP contribution in [0.25, 0.3) is 0 Å². The van der Waals surface area contributed by atoms with Gasteiger partial charge in [0.15, 0.2) is 0 Å². The van der Waals surface area contributed by atoms with Crippen molar-refractivity contribution >= 4 is 34.2 Å². The first-order valence-corrected chi connectivity index (χ1v) is 5.57. The summed E-state index contributed by atoms with van der Waals surface area (Å²) >= 11 is 7.59. The first-order chi connectivity index (χ1) is 7.18. The van der Waals surface area contributed by atoms with Crippen LogP contribution in [0.3, 0.4) is 0 Å². The second-order valence-corrected chi connectivity index (χ2v) is 4.30. The van der Waals surface area contributed by atoms with E-state index in [2.05, 4.69) is 4.98 Å². The highest BCUT2D eigenvalue weighted by atomic mass is 127. The number of hydrogen-bond acceptors (Lipinski definition) is 3. The lowest BCUT2D eigenvalue weighted by molar-refractivity contribution is 0.487. The van der Waals surface area contributed by atoms with Crippen molar-refractivity contribution in [3.05, 3.63) is 49.6 Å². The molecular weight excluding hydrogens is 330 g/mol. The molecule has 0 saturated carbocycles. The van der Waals surface area contributed by atoms with Crippen LogP contribution in [0.4, 0.5) is 0 Å². The van der Waals surface area contributed by atoms with Crippen LogP contribution < -0.4 is 5.56 Å². The maximum atomic E-state index is 11.7. The molecule has 0 spiro atoms. The highest BCUT2D eigenvalue weighted by molar-refractivity contribution is 14.1. The van der Waals surface area contributed by atoms with Crippen LogP contribution in [0.15, 0.2) is 33.9 Å². The standard InChI is InChI=1S/C9H6ClIN2O2/c10-8-7(11)9(14)13(5-12-8)4-6-2-1-3-15-6/h1-3,5H,4H2. The molecule has 0 unspecified atom stereocenters. The topological polar surface area (TPSA) is 48.0 Å². The van der Waals surface area contributed by atoms with Crippen LogP contribution >= 0.6 is 34.2 Å². The smallest absolute Gasteiger partial charge is 0.268 e. The summed E-state index contributed by atoms with van der Waals surface area (Å²) < 4.78 is 7.01. The van der Waals surface area contributed by atoms with E-state index >= 15 is 0 Å². The van der Waals surface area contributed by atoms with E-state index in [9.17, 15) is 4.79 Å². The van der Waals surface area contributed by atoms with Gasteiger partial charge in [0.1, 0.15) is 14.5 Å². The second kappa shape index (κ2) is 4.36. The molecule has 0 amide bonds. The first-order valence-electron chi connectivity index (χ1n) is 4.11. The summed E-state index contributed by atoms with van der Waals surface area (Å²) in [6.07, 6.45) is 2.98. The summed E-state index contributed by atoms with van der Waals surface area (Å²) in [6.45, 7) is 0.367. The minimum absolute atomic E-state index is 0.160. The van der Waals surface area contributed by atoms with Crippen LogP contribution in [0.1, 0.15) is 5.76 Å². The van der Waals surface area contributed by atoms with Gasteiger partial charge >= 0.3 is 0 Å². The Kier molecular flexibility index (Phi) is 3.11. The molecule has 2 aromatic rings. The molecule has 0 aliphatic heterocycles. The number of furan rings is 1. The summed E-state index contributed by atoms with van der Waals surface area (Å²) in [6, 6.07) is 3.57. The molecule has 2 aromatic heterocycles. The number of hydrogen-bond donors (Lipinski definition) is 0. The van der Waals surface area contributed by atoms with E-state index in [-0.39, 0.29) is 10.7 Å². The van der Waals surface area contributed by atoms with Gasteiger partial charge in [-0.1, -0.05) is 11.6 Å². The van der Waals surface area contributed by atoms with Crippen LogP contribution in [0.5, 0.6) is 0 Å². The van der Waals surface area contributed by atoms with E-state index in [1.54, 1.807) is 18.4 Å². The van der Waals surface area contributed by atoms with E-state index in [1.165, 1.54) is 10.9 Å². The van der Waals surface area contributed by atoms with Crippen LogP contribution in [0, 0.1) is 3.57 Å². The molecule has 4 nitrogen and oxygen atoms in total. The molecule has 0 aliphatic carbocycles. The molecule has 0 atom stereocenters. The van der Waals surface area contributed by atoms with Gasteiger partial charge in [0.2, 0.25) is 0 Å². The van der Waals surface area contributed by atoms with Crippen molar-refractivity contribution in [2.24, 2.45) is 0 Å². The fourth-order valence-corrected chi connectivity index (χ4v) is 1.70. The van der Waals surface area contributed by atoms with Crippen molar-refractivity contribution in [1.82, 2.24) is 9.55 Å². The van der Waals surface area contributed by atoms with Crippen LogP contribution in [-0.2, 0) is 6.54 Å². The lowest BCUT2D eigenvalue weighted by Gasteiger charge is -2.03. The van der Waals surface area contributed by atoms with E-state index < -0.39 is 0 Å². The number of rotatable bonds is 2. The number of nitrogens with zero attached hydrogens (tertiary/aromatic N) is 2. The van der Waals surface area contributed by atoms with Crippen molar-refractivity contribution in [2.75, 3.05) is 0 Å². The summed E-state index contributed by atoms with van der Waals surface area (Å²) in [7, 11) is 0. The van der Waals surface area contributed by atoms with Crippen LogP contribution in [-0.4, -0.2) is 9.55 Å². The molecule has 78 valence electrons. The summed E-state index contributed by atoms with van der Waals surface area (Å²) in [4.78, 5) is 15.6. The normalized spacial score (nSPS) is 10.5. The average molecular weight is 337 g/mol. The molecular formula is C9H6ClIN2O2. The van der Waals surface area contributed by atoms with Gasteiger partial charge in [-0.05, 0) is 34.7 Å². The lowest BCUT2D eigenvalue weighted by Crippen LogP contribution is -2.23. The highest BCUT2D eigenvalue weighted by Gasteiger charge is 2.07. The van der Waals surface area contributed by atoms with Gasteiger partial charge in [0.05, 0.1) is 19.1 Å². The van der Waals surface area contributed by atoms with Crippen molar-refractivity contribution < 1.29 is 4.42 Å². The third-order valence-corrected chi connectivity index (χ3v) is 3.42. The van der Waals surface area contributed by atoms with Crippen molar-refractivity contribution in [2.45, 2.75) is 6.54 Å². The zero-order chi connectivity index (χ0) is 10.8. The Labute approximate surface area is 104 Å². The van der Waals surface area contributed by atoms with Gasteiger partial charge in [0, 0.05) is 0 Å². The van der Waals surface area contributed by atoms with Gasteiger partial charge in [-0.15, -0.1) is 0 Å². The largest absolute Gasteiger partial charge is 0.467 e. The first kappa shape index (κ1) is 10.7. The zero-order valence-electron chi connectivity index (χ0n) is 7.48. The number of aromatic nitrogens is 2. The third kappa shape index (κ3) is 2.23. The monoisotopic (exact) mass is 336 g/mol. The van der Waals surface area contributed by atoms with E-state index in [0.29, 0.717) is 15.9 Å². The van der Waals surface area contributed by atoms with Crippen molar-refractivity contribution in [1.29, 1.82) is 0 Å². The van der Waals surface area contributed by atoms with Gasteiger partial charge < -0.3 is 4.42 Å². The Hall–Kier alpha value is -0.820. The average Bonchev–Trinajstić information content (AvgIpc) is 2.72. The Morgan fingerprint density at radius 1 is 1.60 bits per heavy atom. The van der Waals surface area contributed by atoms with Gasteiger partial charge in [-0.2, -0.15) is 0 Å². The molecule has 0 radical (unpaired) electrons. The molecule has 0 saturated heterocycles. The molecule has 0 aromatic carbocycles. The number of halogens is 2. The highest BCUT2D eigenvalue weighted by Crippen LogP contribution is 2.10. The Morgan fingerprint density at radius 2 is 2.40 bits per heavy atom. The molecule has 6 heteroatoms. The summed E-state index contributed by atoms with van der Waals surface area (Å²) in [5.41, 5.74) is -0.160. The Bertz CT molecular complexity index is 521.